The van der Waals surface area contributed by atoms with Crippen molar-refractivity contribution < 1.29 is 23.9 Å². The summed E-state index contributed by atoms with van der Waals surface area (Å²) in [5.74, 6) is -0.926. The van der Waals surface area contributed by atoms with Crippen molar-refractivity contribution in [2.45, 2.75) is 89.3 Å². The molecule has 0 aromatic rings. The quantitative estimate of drug-likeness (QED) is 0.548. The standard InChI is InChI=1S/C20H31N3O5/c1-13-8-10-20(11-9-13)18(26)23(19(27)22-20)12-16(24)28-14(2)17(25)21-15-6-4-3-5-7-15/h13-15H,3-12H2,1-2H3,(H,21,25)(H,22,27). The normalized spacial score (nSPS) is 29.5. The minimum atomic E-state index is -0.959. The van der Waals surface area contributed by atoms with Crippen LogP contribution in [0.3, 0.4) is 0 Å². The molecule has 0 radical (unpaired) electrons. The second-order valence-corrected chi connectivity index (χ2v) is 8.56. The Morgan fingerprint density at radius 2 is 1.82 bits per heavy atom. The second-order valence-electron chi connectivity index (χ2n) is 8.56. The number of nitrogens with one attached hydrogen (secondary N) is 2. The Bertz CT molecular complexity index is 636. The maximum absolute atomic E-state index is 12.8. The van der Waals surface area contributed by atoms with Crippen LogP contribution in [-0.4, -0.2) is 52.9 Å². The van der Waals surface area contributed by atoms with Gasteiger partial charge in [-0.25, -0.2) is 4.79 Å². The molecule has 1 unspecified atom stereocenters. The van der Waals surface area contributed by atoms with Crippen LogP contribution in [-0.2, 0) is 19.1 Å². The predicted octanol–water partition coefficient (Wildman–Crippen LogP) is 1.87. The molecule has 8 nitrogen and oxygen atoms in total. The Hall–Kier alpha value is -2.12. The molecule has 28 heavy (non-hydrogen) atoms. The molecular formula is C20H31N3O5. The molecule has 3 rings (SSSR count). The van der Waals surface area contributed by atoms with Gasteiger partial charge in [0.2, 0.25) is 0 Å². The highest BCUT2D eigenvalue weighted by Gasteiger charge is 2.52. The van der Waals surface area contributed by atoms with Crippen molar-refractivity contribution in [3.63, 3.8) is 0 Å². The predicted molar refractivity (Wildman–Crippen MR) is 101 cm³/mol. The number of carbonyl (C=O) groups excluding carboxylic acids is 4. The summed E-state index contributed by atoms with van der Waals surface area (Å²) in [6.07, 6.45) is 7.19. The highest BCUT2D eigenvalue weighted by Crippen LogP contribution is 2.36. The van der Waals surface area contributed by atoms with Gasteiger partial charge in [-0.2, -0.15) is 0 Å². The molecule has 0 aromatic heterocycles. The zero-order valence-corrected chi connectivity index (χ0v) is 16.8. The lowest BCUT2D eigenvalue weighted by atomic mass is 9.77. The summed E-state index contributed by atoms with van der Waals surface area (Å²) in [7, 11) is 0. The SMILES string of the molecule is CC1CCC2(CC1)NC(=O)N(CC(=O)OC(C)C(=O)NC1CCCCC1)C2=O. The number of urea groups is 1. The zero-order valence-electron chi connectivity index (χ0n) is 16.8. The van der Waals surface area contributed by atoms with Crippen LogP contribution < -0.4 is 10.6 Å². The van der Waals surface area contributed by atoms with Crippen LogP contribution in [0.15, 0.2) is 0 Å². The summed E-state index contributed by atoms with van der Waals surface area (Å²) < 4.78 is 5.18. The summed E-state index contributed by atoms with van der Waals surface area (Å²) in [5, 5.41) is 5.69. The number of nitrogens with zero attached hydrogens (tertiary/aromatic N) is 1. The topological polar surface area (TPSA) is 105 Å². The van der Waals surface area contributed by atoms with Crippen LogP contribution in [0.2, 0.25) is 0 Å². The molecule has 156 valence electrons. The smallest absolute Gasteiger partial charge is 0.327 e. The fourth-order valence-corrected chi connectivity index (χ4v) is 4.40. The second kappa shape index (κ2) is 8.49. The molecular weight excluding hydrogens is 362 g/mol. The third kappa shape index (κ3) is 4.47. The maximum atomic E-state index is 12.8. The lowest BCUT2D eigenvalue weighted by Gasteiger charge is -2.33. The van der Waals surface area contributed by atoms with Gasteiger partial charge in [0.15, 0.2) is 6.10 Å². The lowest BCUT2D eigenvalue weighted by molar-refractivity contribution is -0.157. The number of carbonyl (C=O) groups is 4. The van der Waals surface area contributed by atoms with Crippen molar-refractivity contribution in [3.8, 4) is 0 Å². The third-order valence-electron chi connectivity index (χ3n) is 6.29. The third-order valence-corrected chi connectivity index (χ3v) is 6.29. The summed E-state index contributed by atoms with van der Waals surface area (Å²) in [5.41, 5.74) is -0.881. The lowest BCUT2D eigenvalue weighted by Crippen LogP contribution is -2.49. The van der Waals surface area contributed by atoms with Crippen molar-refractivity contribution in [1.82, 2.24) is 15.5 Å². The Morgan fingerprint density at radius 1 is 1.18 bits per heavy atom. The summed E-state index contributed by atoms with van der Waals surface area (Å²) in [4.78, 5) is 50.4. The van der Waals surface area contributed by atoms with Crippen molar-refractivity contribution in [2.24, 2.45) is 5.92 Å². The van der Waals surface area contributed by atoms with Crippen LogP contribution in [0.25, 0.3) is 0 Å². The molecule has 1 heterocycles. The van der Waals surface area contributed by atoms with E-state index in [1.165, 1.54) is 13.3 Å². The molecule has 0 bridgehead atoms. The van der Waals surface area contributed by atoms with E-state index in [2.05, 4.69) is 17.6 Å². The Balaban J connectivity index is 1.50. The molecule has 1 saturated heterocycles. The molecule has 1 spiro atoms. The summed E-state index contributed by atoms with van der Waals surface area (Å²) >= 11 is 0. The molecule has 4 amide bonds. The minimum absolute atomic E-state index is 0.127. The van der Waals surface area contributed by atoms with Gasteiger partial charge in [-0.05, 0) is 51.4 Å². The van der Waals surface area contributed by atoms with Crippen LogP contribution >= 0.6 is 0 Å². The number of hydrogen-bond donors (Lipinski definition) is 2. The number of ether oxygens (including phenoxy) is 1. The number of amides is 4. The van der Waals surface area contributed by atoms with E-state index in [1.54, 1.807) is 0 Å². The van der Waals surface area contributed by atoms with Gasteiger partial charge in [-0.3, -0.25) is 19.3 Å². The van der Waals surface area contributed by atoms with E-state index >= 15 is 0 Å². The van der Waals surface area contributed by atoms with E-state index in [0.29, 0.717) is 18.8 Å². The largest absolute Gasteiger partial charge is 0.451 e. The van der Waals surface area contributed by atoms with Gasteiger partial charge in [0.1, 0.15) is 12.1 Å². The van der Waals surface area contributed by atoms with E-state index in [4.69, 9.17) is 4.74 Å². The molecule has 2 saturated carbocycles. The van der Waals surface area contributed by atoms with Crippen LogP contribution in [0.5, 0.6) is 0 Å². The van der Waals surface area contributed by atoms with Crippen molar-refractivity contribution in [3.05, 3.63) is 0 Å². The number of rotatable bonds is 5. The number of hydrogen-bond acceptors (Lipinski definition) is 5. The monoisotopic (exact) mass is 393 g/mol. The molecule has 2 aliphatic carbocycles. The van der Waals surface area contributed by atoms with Crippen LogP contribution in [0.1, 0.15) is 71.6 Å². The van der Waals surface area contributed by atoms with Gasteiger partial charge >= 0.3 is 12.0 Å². The molecule has 3 aliphatic rings. The average molecular weight is 393 g/mol. The van der Waals surface area contributed by atoms with Gasteiger partial charge in [-0.15, -0.1) is 0 Å². The maximum Gasteiger partial charge on any atom is 0.327 e. The average Bonchev–Trinajstić information content (AvgIpc) is 2.89. The van der Waals surface area contributed by atoms with Gasteiger partial charge < -0.3 is 15.4 Å². The fraction of sp³-hybridized carbons (Fsp3) is 0.800. The molecule has 1 atom stereocenters. The molecule has 2 N–H and O–H groups in total. The number of imide groups is 1. The Morgan fingerprint density at radius 3 is 2.46 bits per heavy atom. The van der Waals surface area contributed by atoms with Crippen LogP contribution in [0, 0.1) is 5.92 Å². The van der Waals surface area contributed by atoms with Crippen LogP contribution in [0.4, 0.5) is 4.79 Å². The first kappa shape index (κ1) is 20.6. The van der Waals surface area contributed by atoms with E-state index in [0.717, 1.165) is 43.4 Å². The van der Waals surface area contributed by atoms with Crippen molar-refractivity contribution >= 4 is 23.8 Å². The highest BCUT2D eigenvalue weighted by molar-refractivity contribution is 6.08. The van der Waals surface area contributed by atoms with E-state index in [9.17, 15) is 19.2 Å². The molecule has 3 fully saturated rings. The van der Waals surface area contributed by atoms with E-state index < -0.39 is 30.2 Å². The fourth-order valence-electron chi connectivity index (χ4n) is 4.40. The molecule has 8 heteroatoms. The van der Waals surface area contributed by atoms with Gasteiger partial charge in [0.05, 0.1) is 0 Å². The summed E-state index contributed by atoms with van der Waals surface area (Å²) in [6.45, 7) is 3.16. The van der Waals surface area contributed by atoms with Gasteiger partial charge in [0, 0.05) is 6.04 Å². The molecule has 0 aromatic carbocycles. The van der Waals surface area contributed by atoms with E-state index in [1.807, 2.05) is 0 Å². The first-order chi connectivity index (χ1) is 13.3. The van der Waals surface area contributed by atoms with Crippen molar-refractivity contribution in [1.29, 1.82) is 0 Å². The first-order valence-corrected chi connectivity index (χ1v) is 10.4. The minimum Gasteiger partial charge on any atom is -0.451 e. The van der Waals surface area contributed by atoms with Crippen molar-refractivity contribution in [2.75, 3.05) is 6.54 Å². The summed E-state index contributed by atoms with van der Waals surface area (Å²) in [6, 6.07) is -0.433. The van der Waals surface area contributed by atoms with Gasteiger partial charge in [0.25, 0.3) is 11.8 Å². The Labute approximate surface area is 165 Å². The highest BCUT2D eigenvalue weighted by atomic mass is 16.5. The zero-order chi connectivity index (χ0) is 20.3. The van der Waals surface area contributed by atoms with Gasteiger partial charge in [-0.1, -0.05) is 26.2 Å². The van der Waals surface area contributed by atoms with E-state index in [-0.39, 0.29) is 17.9 Å². The first-order valence-electron chi connectivity index (χ1n) is 10.4. The Kier molecular flexibility index (Phi) is 6.25. The molecule has 1 aliphatic heterocycles. The number of esters is 1.